The van der Waals surface area contributed by atoms with Crippen molar-refractivity contribution in [1.82, 2.24) is 0 Å². The summed E-state index contributed by atoms with van der Waals surface area (Å²) in [6.07, 6.45) is 0. The van der Waals surface area contributed by atoms with Gasteiger partial charge in [-0.1, -0.05) is 6.58 Å². The third-order valence-electron chi connectivity index (χ3n) is 1.78. The standard InChI is InChI=1S/C8H18O3Si.C3H10O2Si/c1-5-9-12(8-4,10-6-2)11-7-3;1-4-2-3-5-6/h8H,4-7H2,1-3H3;2-3H2,1,6H3. The molecule has 0 aromatic carbocycles. The first-order valence-electron chi connectivity index (χ1n) is 6.19. The van der Waals surface area contributed by atoms with Crippen molar-refractivity contribution in [2.24, 2.45) is 0 Å². The Kier molecular flexibility index (Phi) is 16.9. The fourth-order valence-corrected chi connectivity index (χ4v) is 3.05. The molecular formula is C11H28O5Si2. The number of hydrogen-bond donors (Lipinski definition) is 0. The van der Waals surface area contributed by atoms with Crippen LogP contribution in [0.4, 0.5) is 0 Å². The van der Waals surface area contributed by atoms with Crippen LogP contribution in [0.2, 0.25) is 0 Å². The van der Waals surface area contributed by atoms with Crippen molar-refractivity contribution in [3.63, 3.8) is 0 Å². The lowest BCUT2D eigenvalue weighted by Gasteiger charge is -2.24. The first-order valence-corrected chi connectivity index (χ1v) is 8.81. The molecule has 0 fully saturated rings. The van der Waals surface area contributed by atoms with Gasteiger partial charge in [-0.15, -0.1) is 0 Å². The second kappa shape index (κ2) is 15.0. The lowest BCUT2D eigenvalue weighted by atomic mass is 10.8. The van der Waals surface area contributed by atoms with Crippen molar-refractivity contribution >= 4 is 19.3 Å². The van der Waals surface area contributed by atoms with Gasteiger partial charge in [-0.3, -0.25) is 0 Å². The van der Waals surface area contributed by atoms with E-state index in [1.54, 1.807) is 12.8 Å². The quantitative estimate of drug-likeness (QED) is 0.438. The van der Waals surface area contributed by atoms with E-state index < -0.39 is 8.80 Å². The molecule has 0 N–H and O–H groups in total. The number of ether oxygens (including phenoxy) is 1. The van der Waals surface area contributed by atoms with Gasteiger partial charge in [0.2, 0.25) is 0 Å². The van der Waals surface area contributed by atoms with Gasteiger partial charge in [-0.25, -0.2) is 0 Å². The van der Waals surface area contributed by atoms with Gasteiger partial charge in [-0.05, 0) is 26.5 Å². The Morgan fingerprint density at radius 2 is 1.44 bits per heavy atom. The summed E-state index contributed by atoms with van der Waals surface area (Å²) in [7, 11) is -0.0151. The molecule has 0 atom stereocenters. The molecule has 0 saturated carbocycles. The second-order valence-corrected chi connectivity index (χ2v) is 6.15. The Morgan fingerprint density at radius 3 is 1.61 bits per heavy atom. The van der Waals surface area contributed by atoms with Crippen molar-refractivity contribution in [1.29, 1.82) is 0 Å². The first-order chi connectivity index (χ1) is 8.66. The van der Waals surface area contributed by atoms with Crippen molar-refractivity contribution in [3.8, 4) is 0 Å². The molecule has 18 heavy (non-hydrogen) atoms. The van der Waals surface area contributed by atoms with Crippen LogP contribution in [-0.2, 0) is 22.4 Å². The maximum Gasteiger partial charge on any atom is 0.528 e. The summed E-state index contributed by atoms with van der Waals surface area (Å²) in [5.74, 6) is 0. The Balaban J connectivity index is 0. The summed E-state index contributed by atoms with van der Waals surface area (Å²) in [5, 5.41) is 0. The van der Waals surface area contributed by atoms with Crippen molar-refractivity contribution in [3.05, 3.63) is 12.3 Å². The van der Waals surface area contributed by atoms with Crippen LogP contribution >= 0.6 is 0 Å². The summed E-state index contributed by atoms with van der Waals surface area (Å²) in [6, 6.07) is 0. The highest BCUT2D eigenvalue weighted by molar-refractivity contribution is 6.66. The molecule has 7 heteroatoms. The van der Waals surface area contributed by atoms with Gasteiger partial charge in [0, 0.05) is 26.9 Å². The maximum atomic E-state index is 5.44. The van der Waals surface area contributed by atoms with Crippen LogP contribution in [0.3, 0.4) is 0 Å². The van der Waals surface area contributed by atoms with Crippen molar-refractivity contribution < 1.29 is 22.4 Å². The van der Waals surface area contributed by atoms with Crippen molar-refractivity contribution in [2.45, 2.75) is 20.8 Å². The van der Waals surface area contributed by atoms with Gasteiger partial charge in [0.15, 0.2) is 0 Å². The van der Waals surface area contributed by atoms with Crippen LogP contribution in [-0.4, -0.2) is 59.4 Å². The van der Waals surface area contributed by atoms with Crippen LogP contribution < -0.4 is 0 Å². The van der Waals surface area contributed by atoms with E-state index in [9.17, 15) is 0 Å². The van der Waals surface area contributed by atoms with E-state index in [2.05, 4.69) is 11.3 Å². The molecule has 5 nitrogen and oxygen atoms in total. The topological polar surface area (TPSA) is 46.2 Å². The van der Waals surface area contributed by atoms with Crippen LogP contribution in [0, 0.1) is 0 Å². The fraction of sp³-hybridized carbons (Fsp3) is 0.818. The molecule has 0 unspecified atom stereocenters. The van der Waals surface area contributed by atoms with Crippen LogP contribution in [0.25, 0.3) is 0 Å². The molecule has 0 aromatic heterocycles. The highest BCUT2D eigenvalue weighted by atomic mass is 28.4. The number of methoxy groups -OCH3 is 1. The third kappa shape index (κ3) is 11.1. The second-order valence-electron chi connectivity index (χ2n) is 3.09. The van der Waals surface area contributed by atoms with Crippen LogP contribution in [0.5, 0.6) is 0 Å². The molecule has 0 aromatic rings. The van der Waals surface area contributed by atoms with Gasteiger partial charge < -0.3 is 22.4 Å². The zero-order valence-electron chi connectivity index (χ0n) is 12.4. The summed E-state index contributed by atoms with van der Waals surface area (Å²) < 4.78 is 25.8. The maximum absolute atomic E-state index is 5.44. The molecule has 0 aliphatic carbocycles. The summed E-state index contributed by atoms with van der Waals surface area (Å²) in [4.78, 5) is 0. The Bertz CT molecular complexity index is 160. The molecule has 0 aliphatic rings. The zero-order valence-corrected chi connectivity index (χ0v) is 15.4. The predicted molar refractivity (Wildman–Crippen MR) is 78.6 cm³/mol. The summed E-state index contributed by atoms with van der Waals surface area (Å²) >= 11 is 0. The Hall–Kier alpha value is -0.0262. The molecular weight excluding hydrogens is 268 g/mol. The zero-order chi connectivity index (χ0) is 14.3. The SMILES string of the molecule is C=C[Si](OCC)(OCC)OCC.COCCO[SiH3]. The minimum absolute atomic E-state index is 0.595. The average molecular weight is 297 g/mol. The molecule has 0 rings (SSSR count). The number of rotatable bonds is 10. The molecule has 0 aliphatic heterocycles. The molecule has 110 valence electrons. The highest BCUT2D eigenvalue weighted by Gasteiger charge is 2.36. The molecule has 0 amide bonds. The number of hydrogen-bond acceptors (Lipinski definition) is 5. The normalized spacial score (nSPS) is 10.9. The van der Waals surface area contributed by atoms with E-state index in [4.69, 9.17) is 17.7 Å². The van der Waals surface area contributed by atoms with Gasteiger partial charge in [-0.2, -0.15) is 0 Å². The minimum Gasteiger partial charge on any atom is -0.426 e. The van der Waals surface area contributed by atoms with E-state index in [1.165, 1.54) is 0 Å². The van der Waals surface area contributed by atoms with E-state index in [1.807, 2.05) is 20.8 Å². The highest BCUT2D eigenvalue weighted by Crippen LogP contribution is 2.10. The third-order valence-corrected chi connectivity index (χ3v) is 4.76. The average Bonchev–Trinajstić information content (AvgIpc) is 2.38. The molecule has 0 saturated heterocycles. The monoisotopic (exact) mass is 296 g/mol. The predicted octanol–water partition coefficient (Wildman–Crippen LogP) is 0.690. The Labute approximate surface area is 115 Å². The van der Waals surface area contributed by atoms with Gasteiger partial charge in [0.05, 0.1) is 13.2 Å². The Morgan fingerprint density at radius 1 is 1.00 bits per heavy atom. The fourth-order valence-electron chi connectivity index (χ4n) is 1.07. The largest absolute Gasteiger partial charge is 0.528 e. The van der Waals surface area contributed by atoms with Gasteiger partial charge in [0.25, 0.3) is 0 Å². The van der Waals surface area contributed by atoms with E-state index in [-0.39, 0.29) is 0 Å². The first kappa shape index (κ1) is 20.3. The summed E-state index contributed by atoms with van der Waals surface area (Å²) in [5.41, 5.74) is 1.67. The molecule has 0 heterocycles. The minimum atomic E-state index is -2.51. The van der Waals surface area contributed by atoms with Gasteiger partial charge >= 0.3 is 8.80 Å². The van der Waals surface area contributed by atoms with Crippen LogP contribution in [0.15, 0.2) is 12.3 Å². The smallest absolute Gasteiger partial charge is 0.426 e. The summed E-state index contributed by atoms with van der Waals surface area (Å²) in [6.45, 7) is 12.7. The van der Waals surface area contributed by atoms with E-state index in [0.717, 1.165) is 23.7 Å². The molecule has 0 bridgehead atoms. The lowest BCUT2D eigenvalue weighted by molar-refractivity contribution is 0.0844. The molecule has 0 radical (unpaired) electrons. The van der Waals surface area contributed by atoms with E-state index >= 15 is 0 Å². The lowest BCUT2D eigenvalue weighted by Crippen LogP contribution is -2.44. The van der Waals surface area contributed by atoms with E-state index in [0.29, 0.717) is 19.8 Å². The molecule has 0 spiro atoms. The van der Waals surface area contributed by atoms with Crippen molar-refractivity contribution in [2.75, 3.05) is 40.1 Å². The van der Waals surface area contributed by atoms with Crippen LogP contribution in [0.1, 0.15) is 20.8 Å². The van der Waals surface area contributed by atoms with Gasteiger partial charge in [0.1, 0.15) is 10.5 Å².